The van der Waals surface area contributed by atoms with Crippen molar-refractivity contribution in [1.29, 1.82) is 0 Å². The maximum Gasteiger partial charge on any atom is 0.239 e. The van der Waals surface area contributed by atoms with E-state index in [1.807, 2.05) is 35.1 Å². The Labute approximate surface area is 180 Å². The highest BCUT2D eigenvalue weighted by atomic mass is 19.1. The molecule has 0 unspecified atom stereocenters. The summed E-state index contributed by atoms with van der Waals surface area (Å²) in [5.74, 6) is 0.394. The molecular formula is C22H26FN7O. The van der Waals surface area contributed by atoms with Gasteiger partial charge in [0, 0.05) is 30.6 Å². The van der Waals surface area contributed by atoms with E-state index in [0.29, 0.717) is 25.5 Å². The first kappa shape index (κ1) is 20.0. The van der Waals surface area contributed by atoms with Crippen molar-refractivity contribution in [2.75, 3.05) is 44.7 Å². The second-order valence-electron chi connectivity index (χ2n) is 8.23. The van der Waals surface area contributed by atoms with Crippen LogP contribution in [0.25, 0.3) is 22.0 Å². The predicted octanol–water partition coefficient (Wildman–Crippen LogP) is 2.31. The van der Waals surface area contributed by atoms with Crippen molar-refractivity contribution in [2.24, 2.45) is 0 Å². The Morgan fingerprint density at radius 2 is 1.94 bits per heavy atom. The molecule has 0 bridgehead atoms. The van der Waals surface area contributed by atoms with E-state index in [4.69, 9.17) is 0 Å². The maximum absolute atomic E-state index is 12.8. The monoisotopic (exact) mass is 423 g/mol. The molecule has 2 aliphatic rings. The molecule has 0 radical (unpaired) electrons. The van der Waals surface area contributed by atoms with Crippen LogP contribution in [0, 0.1) is 0 Å². The fourth-order valence-electron chi connectivity index (χ4n) is 4.45. The summed E-state index contributed by atoms with van der Waals surface area (Å²) >= 11 is 0. The summed E-state index contributed by atoms with van der Waals surface area (Å²) in [6, 6.07) is 7.85. The van der Waals surface area contributed by atoms with E-state index in [1.54, 1.807) is 0 Å². The van der Waals surface area contributed by atoms with E-state index >= 15 is 0 Å². The smallest absolute Gasteiger partial charge is 0.239 e. The van der Waals surface area contributed by atoms with Crippen LogP contribution < -0.4 is 5.32 Å². The minimum atomic E-state index is -0.343. The molecule has 1 fully saturated rings. The van der Waals surface area contributed by atoms with E-state index in [-0.39, 0.29) is 12.6 Å². The minimum Gasteiger partial charge on any atom is -0.308 e. The van der Waals surface area contributed by atoms with Gasteiger partial charge in [-0.1, -0.05) is 6.07 Å². The van der Waals surface area contributed by atoms with Crippen LogP contribution in [0.1, 0.15) is 18.5 Å². The molecule has 1 N–H and O–H groups in total. The lowest BCUT2D eigenvalue weighted by molar-refractivity contribution is -0.117. The highest BCUT2D eigenvalue weighted by Crippen LogP contribution is 2.29. The van der Waals surface area contributed by atoms with Gasteiger partial charge in [-0.25, -0.2) is 4.39 Å². The summed E-state index contributed by atoms with van der Waals surface area (Å²) in [7, 11) is 0. The van der Waals surface area contributed by atoms with E-state index < -0.39 is 0 Å². The zero-order valence-corrected chi connectivity index (χ0v) is 17.4. The fourth-order valence-corrected chi connectivity index (χ4v) is 4.45. The maximum atomic E-state index is 12.8. The number of anilines is 1. The average Bonchev–Trinajstić information content (AvgIpc) is 3.43. The van der Waals surface area contributed by atoms with Gasteiger partial charge in [-0.3, -0.25) is 19.3 Å². The molecular weight excluding hydrogens is 397 g/mol. The SMILES string of the molecule is O=C(CN1CCCC1)Nc1cc2cc(-c3cnn4c3CN(CCF)CC4)ccc2nn1. The van der Waals surface area contributed by atoms with Crippen LogP contribution in [0.4, 0.5) is 10.2 Å². The Morgan fingerprint density at radius 1 is 1.06 bits per heavy atom. The summed E-state index contributed by atoms with van der Waals surface area (Å²) in [4.78, 5) is 16.6. The lowest BCUT2D eigenvalue weighted by atomic mass is 10.0. The zero-order valence-electron chi connectivity index (χ0n) is 17.4. The third-order valence-electron chi connectivity index (χ3n) is 6.08. The molecule has 1 aromatic carbocycles. The first-order valence-corrected chi connectivity index (χ1v) is 10.8. The van der Waals surface area contributed by atoms with Gasteiger partial charge in [-0.2, -0.15) is 5.10 Å². The van der Waals surface area contributed by atoms with Gasteiger partial charge in [0.05, 0.1) is 30.5 Å². The highest BCUT2D eigenvalue weighted by molar-refractivity contribution is 5.93. The van der Waals surface area contributed by atoms with Crippen molar-refractivity contribution < 1.29 is 9.18 Å². The molecule has 31 heavy (non-hydrogen) atoms. The number of nitrogens with zero attached hydrogens (tertiary/aromatic N) is 6. The zero-order chi connectivity index (χ0) is 21.2. The Bertz CT molecular complexity index is 1090. The molecule has 0 aliphatic carbocycles. The lowest BCUT2D eigenvalue weighted by Gasteiger charge is -2.27. The molecule has 5 rings (SSSR count). The number of benzene rings is 1. The number of alkyl halides is 1. The molecule has 2 aromatic heterocycles. The summed E-state index contributed by atoms with van der Waals surface area (Å²) in [6.45, 7) is 4.69. The predicted molar refractivity (Wildman–Crippen MR) is 116 cm³/mol. The van der Waals surface area contributed by atoms with Crippen LogP contribution in [0.3, 0.4) is 0 Å². The molecule has 1 amide bonds. The number of fused-ring (bicyclic) bond motifs is 2. The number of likely N-dealkylation sites (tertiary alicyclic amines) is 1. The Hall–Kier alpha value is -2.91. The van der Waals surface area contributed by atoms with Crippen molar-refractivity contribution >= 4 is 22.6 Å². The molecule has 4 heterocycles. The third kappa shape index (κ3) is 4.28. The molecule has 0 spiro atoms. The molecule has 1 saturated heterocycles. The van der Waals surface area contributed by atoms with E-state index in [9.17, 15) is 9.18 Å². The Kier molecular flexibility index (Phi) is 5.61. The fraction of sp³-hybridized carbons (Fsp3) is 0.455. The van der Waals surface area contributed by atoms with Crippen LogP contribution in [0.5, 0.6) is 0 Å². The van der Waals surface area contributed by atoms with Gasteiger partial charge in [0.25, 0.3) is 0 Å². The quantitative estimate of drug-likeness (QED) is 0.656. The van der Waals surface area contributed by atoms with Crippen molar-refractivity contribution in [1.82, 2.24) is 29.8 Å². The highest BCUT2D eigenvalue weighted by Gasteiger charge is 2.21. The number of hydrogen-bond acceptors (Lipinski definition) is 6. The van der Waals surface area contributed by atoms with Crippen molar-refractivity contribution in [2.45, 2.75) is 25.9 Å². The molecule has 2 aliphatic heterocycles. The molecule has 3 aromatic rings. The van der Waals surface area contributed by atoms with Gasteiger partial charge in [0.1, 0.15) is 6.67 Å². The molecule has 9 heteroatoms. The number of nitrogens with one attached hydrogen (secondary N) is 1. The standard InChI is InChI=1S/C22H26FN7O/c23-5-8-29-9-10-30-20(14-29)18(13-24-30)16-3-4-19-17(11-16)12-21(27-26-19)25-22(31)15-28-6-1-2-7-28/h3-4,11-13H,1-2,5-10,14-15H2,(H,25,27,31). The van der Waals surface area contributed by atoms with Crippen LogP contribution >= 0.6 is 0 Å². The molecule has 8 nitrogen and oxygen atoms in total. The normalized spacial score (nSPS) is 17.2. The van der Waals surface area contributed by atoms with Crippen molar-refractivity contribution in [3.63, 3.8) is 0 Å². The minimum absolute atomic E-state index is 0.0645. The summed E-state index contributed by atoms with van der Waals surface area (Å²) in [5, 5.41) is 16.7. The largest absolute Gasteiger partial charge is 0.308 e. The number of rotatable bonds is 6. The topological polar surface area (TPSA) is 79.2 Å². The Morgan fingerprint density at radius 3 is 2.77 bits per heavy atom. The number of halogens is 1. The Balaban J connectivity index is 1.37. The van der Waals surface area contributed by atoms with Gasteiger partial charge < -0.3 is 5.32 Å². The van der Waals surface area contributed by atoms with Gasteiger partial charge >= 0.3 is 0 Å². The second-order valence-corrected chi connectivity index (χ2v) is 8.23. The van der Waals surface area contributed by atoms with E-state index in [2.05, 4.69) is 30.4 Å². The third-order valence-corrected chi connectivity index (χ3v) is 6.08. The average molecular weight is 423 g/mol. The van der Waals surface area contributed by atoms with Crippen molar-refractivity contribution in [3.8, 4) is 11.1 Å². The van der Waals surface area contributed by atoms with Crippen LogP contribution in [-0.2, 0) is 17.9 Å². The van der Waals surface area contributed by atoms with Gasteiger partial charge in [-0.15, -0.1) is 10.2 Å². The summed E-state index contributed by atoms with van der Waals surface area (Å²) in [6.07, 6.45) is 4.18. The van der Waals surface area contributed by atoms with E-state index in [1.165, 1.54) is 0 Å². The number of carbonyl (C=O) groups is 1. The number of hydrogen-bond donors (Lipinski definition) is 1. The molecule has 162 valence electrons. The second kappa shape index (κ2) is 8.68. The number of carbonyl (C=O) groups excluding carboxylic acids is 1. The number of aromatic nitrogens is 4. The first-order chi connectivity index (χ1) is 15.2. The van der Waals surface area contributed by atoms with E-state index in [0.717, 1.165) is 66.7 Å². The van der Waals surface area contributed by atoms with Crippen LogP contribution in [0.15, 0.2) is 30.5 Å². The van der Waals surface area contributed by atoms with Crippen molar-refractivity contribution in [3.05, 3.63) is 36.2 Å². The lowest BCUT2D eigenvalue weighted by Crippen LogP contribution is -2.35. The number of amides is 1. The van der Waals surface area contributed by atoms with Crippen LogP contribution in [-0.4, -0.2) is 75.1 Å². The van der Waals surface area contributed by atoms with Gasteiger partial charge in [0.2, 0.25) is 5.91 Å². The molecule has 0 atom stereocenters. The first-order valence-electron chi connectivity index (χ1n) is 10.8. The summed E-state index contributed by atoms with van der Waals surface area (Å²) in [5.41, 5.74) is 3.93. The van der Waals surface area contributed by atoms with Crippen LogP contribution in [0.2, 0.25) is 0 Å². The molecule has 0 saturated carbocycles. The van der Waals surface area contributed by atoms with Gasteiger partial charge in [-0.05, 0) is 49.7 Å². The van der Waals surface area contributed by atoms with Gasteiger partial charge in [0.15, 0.2) is 5.82 Å². The summed E-state index contributed by atoms with van der Waals surface area (Å²) < 4.78 is 14.8.